The molecule has 0 bridgehead atoms. The largest absolute Gasteiger partial charge is 0.462 e. The van der Waals surface area contributed by atoms with E-state index in [1.807, 2.05) is 0 Å². The van der Waals surface area contributed by atoms with Crippen molar-refractivity contribution in [2.24, 2.45) is 0 Å². The fraction of sp³-hybridized carbons (Fsp3) is 0.231. The second kappa shape index (κ2) is 6.32. The van der Waals surface area contributed by atoms with Crippen LogP contribution in [-0.2, 0) is 4.74 Å². The summed E-state index contributed by atoms with van der Waals surface area (Å²) >= 11 is 4.43. The molecule has 2 aromatic rings. The van der Waals surface area contributed by atoms with Gasteiger partial charge >= 0.3 is 5.97 Å². The predicted molar refractivity (Wildman–Crippen MR) is 80.2 cm³/mol. The molecule has 1 heterocycles. The number of nitrogens with one attached hydrogen (secondary N) is 1. The highest BCUT2D eigenvalue weighted by Gasteiger charge is 2.20. The first-order valence-electron chi connectivity index (χ1n) is 5.88. The number of carbonyl (C=O) groups is 1. The van der Waals surface area contributed by atoms with Gasteiger partial charge in [-0.1, -0.05) is 0 Å². The third-order valence-corrected chi connectivity index (χ3v) is 4.03. The highest BCUT2D eigenvalue weighted by molar-refractivity contribution is 9.10. The molecule has 0 aliphatic carbocycles. The van der Waals surface area contributed by atoms with Crippen molar-refractivity contribution in [3.05, 3.63) is 39.7 Å². The minimum absolute atomic E-state index is 0.299. The van der Waals surface area contributed by atoms with Crippen LogP contribution in [0.1, 0.15) is 23.0 Å². The van der Waals surface area contributed by atoms with Gasteiger partial charge in [0.1, 0.15) is 16.4 Å². The molecule has 106 valence electrons. The first kappa shape index (κ1) is 14.9. The summed E-state index contributed by atoms with van der Waals surface area (Å²) in [5, 5.41) is 3.65. The zero-order valence-electron chi connectivity index (χ0n) is 10.9. The molecule has 1 aromatic carbocycles. The molecule has 2 rings (SSSR count). The zero-order chi connectivity index (χ0) is 14.7. The molecule has 0 saturated heterocycles. The van der Waals surface area contributed by atoms with Gasteiger partial charge in [-0.2, -0.15) is 4.37 Å². The molecule has 20 heavy (non-hydrogen) atoms. The van der Waals surface area contributed by atoms with Crippen molar-refractivity contribution in [2.45, 2.75) is 13.8 Å². The maximum atomic E-state index is 13.1. The average Bonchev–Trinajstić information content (AvgIpc) is 2.74. The van der Waals surface area contributed by atoms with Gasteiger partial charge in [-0.25, -0.2) is 9.18 Å². The minimum Gasteiger partial charge on any atom is -0.462 e. The van der Waals surface area contributed by atoms with Crippen LogP contribution in [0.3, 0.4) is 0 Å². The van der Waals surface area contributed by atoms with Gasteiger partial charge in [-0.3, -0.25) is 0 Å². The van der Waals surface area contributed by atoms with Crippen LogP contribution in [-0.4, -0.2) is 16.9 Å². The molecule has 1 aromatic heterocycles. The van der Waals surface area contributed by atoms with Crippen molar-refractivity contribution in [1.29, 1.82) is 0 Å². The highest BCUT2D eigenvalue weighted by Crippen LogP contribution is 2.32. The number of esters is 1. The van der Waals surface area contributed by atoms with Crippen molar-refractivity contribution in [3.63, 3.8) is 0 Å². The lowest BCUT2D eigenvalue weighted by molar-refractivity contribution is 0.0527. The van der Waals surface area contributed by atoms with Crippen molar-refractivity contribution >= 4 is 44.1 Å². The van der Waals surface area contributed by atoms with Crippen LogP contribution in [0.5, 0.6) is 0 Å². The number of nitrogens with zero attached hydrogens (tertiary/aromatic N) is 1. The van der Waals surface area contributed by atoms with E-state index in [-0.39, 0.29) is 5.82 Å². The summed E-state index contributed by atoms with van der Waals surface area (Å²) in [5.41, 5.74) is 1.67. The third-order valence-electron chi connectivity index (χ3n) is 2.52. The maximum Gasteiger partial charge on any atom is 0.343 e. The summed E-state index contributed by atoms with van der Waals surface area (Å²) in [5.74, 6) is -0.756. The molecule has 0 radical (unpaired) electrons. The number of benzene rings is 1. The number of hydrogen-bond donors (Lipinski definition) is 1. The van der Waals surface area contributed by atoms with E-state index in [4.69, 9.17) is 4.74 Å². The van der Waals surface area contributed by atoms with Gasteiger partial charge in [-0.15, -0.1) is 0 Å². The Morgan fingerprint density at radius 3 is 2.95 bits per heavy atom. The van der Waals surface area contributed by atoms with E-state index >= 15 is 0 Å². The first-order valence-corrected chi connectivity index (χ1v) is 7.45. The molecule has 0 unspecified atom stereocenters. The van der Waals surface area contributed by atoms with Crippen LogP contribution in [0.2, 0.25) is 0 Å². The molecule has 0 saturated carbocycles. The maximum absolute atomic E-state index is 13.1. The van der Waals surface area contributed by atoms with Gasteiger partial charge in [0.15, 0.2) is 0 Å². The van der Waals surface area contributed by atoms with Crippen molar-refractivity contribution < 1.29 is 13.9 Å². The van der Waals surface area contributed by atoms with E-state index in [2.05, 4.69) is 25.6 Å². The van der Waals surface area contributed by atoms with Crippen LogP contribution in [0.15, 0.2) is 22.7 Å². The number of halogens is 2. The number of hydrogen-bond acceptors (Lipinski definition) is 5. The molecule has 0 amide bonds. The molecular formula is C13H12BrFN2O2S. The summed E-state index contributed by atoms with van der Waals surface area (Å²) in [6, 6.07) is 4.27. The lowest BCUT2D eigenvalue weighted by atomic mass is 10.2. The van der Waals surface area contributed by atoms with Gasteiger partial charge < -0.3 is 10.1 Å². The van der Waals surface area contributed by atoms with E-state index in [1.54, 1.807) is 19.9 Å². The number of aryl methyl sites for hydroxylation is 1. The van der Waals surface area contributed by atoms with Gasteiger partial charge in [0.25, 0.3) is 0 Å². The van der Waals surface area contributed by atoms with Crippen molar-refractivity contribution in [1.82, 2.24) is 4.37 Å². The number of anilines is 2. The SMILES string of the molecule is CCOC(=O)c1c(C)nsc1Nc1ccc(F)cc1Br. The summed E-state index contributed by atoms with van der Waals surface area (Å²) in [7, 11) is 0. The Kier molecular flexibility index (Phi) is 4.72. The summed E-state index contributed by atoms with van der Waals surface area (Å²) < 4.78 is 22.8. The summed E-state index contributed by atoms with van der Waals surface area (Å²) in [6.07, 6.45) is 0. The predicted octanol–water partition coefficient (Wildman–Crippen LogP) is 4.27. The molecule has 0 spiro atoms. The Balaban J connectivity index is 2.32. The molecule has 0 fully saturated rings. The van der Waals surface area contributed by atoms with E-state index in [1.165, 1.54) is 12.1 Å². The standard InChI is InChI=1S/C13H12BrFN2O2S/c1-3-19-13(18)11-7(2)17-20-12(11)16-10-5-4-8(15)6-9(10)14/h4-6,16H,3H2,1-2H3. The number of ether oxygens (including phenoxy) is 1. The molecule has 7 heteroatoms. The lowest BCUT2D eigenvalue weighted by Gasteiger charge is -2.08. The van der Waals surface area contributed by atoms with Crippen LogP contribution < -0.4 is 5.32 Å². The van der Waals surface area contributed by atoms with Crippen molar-refractivity contribution in [2.75, 3.05) is 11.9 Å². The van der Waals surface area contributed by atoms with E-state index in [0.717, 1.165) is 11.5 Å². The van der Waals surface area contributed by atoms with Crippen LogP contribution in [0.25, 0.3) is 0 Å². The van der Waals surface area contributed by atoms with Gasteiger partial charge in [-0.05, 0) is 59.5 Å². The van der Waals surface area contributed by atoms with E-state index < -0.39 is 5.97 Å². The first-order chi connectivity index (χ1) is 9.52. The summed E-state index contributed by atoms with van der Waals surface area (Å²) in [6.45, 7) is 3.79. The Morgan fingerprint density at radius 1 is 1.55 bits per heavy atom. The summed E-state index contributed by atoms with van der Waals surface area (Å²) in [4.78, 5) is 11.9. The number of carbonyl (C=O) groups excluding carboxylic acids is 1. The van der Waals surface area contributed by atoms with Gasteiger partial charge in [0.2, 0.25) is 0 Å². The zero-order valence-corrected chi connectivity index (χ0v) is 13.3. The quantitative estimate of drug-likeness (QED) is 0.829. The normalized spacial score (nSPS) is 10.4. The molecule has 0 atom stereocenters. The van der Waals surface area contributed by atoms with Crippen LogP contribution >= 0.6 is 27.5 Å². The fourth-order valence-electron chi connectivity index (χ4n) is 1.61. The number of rotatable bonds is 4. The Morgan fingerprint density at radius 2 is 2.30 bits per heavy atom. The fourth-order valence-corrected chi connectivity index (χ4v) is 2.86. The molecule has 0 aliphatic rings. The highest BCUT2D eigenvalue weighted by atomic mass is 79.9. The van der Waals surface area contributed by atoms with E-state index in [0.29, 0.717) is 33.0 Å². The van der Waals surface area contributed by atoms with Gasteiger partial charge in [0.05, 0.1) is 18.0 Å². The monoisotopic (exact) mass is 358 g/mol. The minimum atomic E-state index is -0.417. The molecule has 4 nitrogen and oxygen atoms in total. The third kappa shape index (κ3) is 3.16. The van der Waals surface area contributed by atoms with Crippen LogP contribution in [0.4, 0.5) is 15.1 Å². The number of aromatic nitrogens is 1. The average molecular weight is 359 g/mol. The molecule has 1 N–H and O–H groups in total. The Hall–Kier alpha value is -1.47. The second-order valence-corrected chi connectivity index (χ2v) is 5.57. The smallest absolute Gasteiger partial charge is 0.343 e. The van der Waals surface area contributed by atoms with Crippen LogP contribution in [0, 0.1) is 12.7 Å². The van der Waals surface area contributed by atoms with Crippen molar-refractivity contribution in [3.8, 4) is 0 Å². The topological polar surface area (TPSA) is 51.2 Å². The second-order valence-electron chi connectivity index (χ2n) is 3.94. The van der Waals surface area contributed by atoms with Gasteiger partial charge in [0, 0.05) is 4.47 Å². The Bertz CT molecular complexity index is 645. The Labute approximate surface area is 128 Å². The lowest BCUT2D eigenvalue weighted by Crippen LogP contribution is -2.07. The molecular weight excluding hydrogens is 347 g/mol. The van der Waals surface area contributed by atoms with E-state index in [9.17, 15) is 9.18 Å². The molecule has 0 aliphatic heterocycles.